The van der Waals surface area contributed by atoms with Gasteiger partial charge in [-0.05, 0) is 56.5 Å². The van der Waals surface area contributed by atoms with Crippen LogP contribution in [0.1, 0.15) is 51.0 Å². The Kier molecular flexibility index (Phi) is 8.76. The second-order valence-corrected chi connectivity index (χ2v) is 8.50. The molecule has 0 radical (unpaired) electrons. The molecule has 1 fully saturated rings. The number of nitrogens with zero attached hydrogens (tertiary/aromatic N) is 4. The number of aromatic nitrogens is 2. The van der Waals surface area contributed by atoms with Crippen LogP contribution in [-0.2, 0) is 13.1 Å². The number of hydrogen-bond acceptors (Lipinski definition) is 4. The van der Waals surface area contributed by atoms with Crippen LogP contribution in [0.4, 0.5) is 0 Å². The molecule has 2 heterocycles. The SMILES string of the molecule is CCNC(=NCc1nccn1CC(C)C)NCC(c1cccc(OC)c1)N1CCCC1. The van der Waals surface area contributed by atoms with Crippen LogP contribution in [0.25, 0.3) is 0 Å². The number of nitrogens with one attached hydrogen (secondary N) is 2. The molecule has 1 aliphatic rings. The molecule has 1 unspecified atom stereocenters. The maximum Gasteiger partial charge on any atom is 0.191 e. The van der Waals surface area contributed by atoms with E-state index in [4.69, 9.17) is 9.73 Å². The predicted molar refractivity (Wildman–Crippen MR) is 126 cm³/mol. The highest BCUT2D eigenvalue weighted by atomic mass is 16.5. The summed E-state index contributed by atoms with van der Waals surface area (Å²) in [6.07, 6.45) is 6.41. The molecule has 0 saturated carbocycles. The van der Waals surface area contributed by atoms with Crippen molar-refractivity contribution < 1.29 is 4.74 Å². The van der Waals surface area contributed by atoms with E-state index in [1.807, 2.05) is 18.5 Å². The van der Waals surface area contributed by atoms with Crippen LogP contribution in [0.3, 0.4) is 0 Å². The fraction of sp³-hybridized carbons (Fsp3) is 0.583. The quantitative estimate of drug-likeness (QED) is 0.450. The largest absolute Gasteiger partial charge is 0.497 e. The van der Waals surface area contributed by atoms with Crippen LogP contribution < -0.4 is 15.4 Å². The first-order chi connectivity index (χ1) is 15.1. The number of imidazole rings is 1. The second-order valence-electron chi connectivity index (χ2n) is 8.50. The summed E-state index contributed by atoms with van der Waals surface area (Å²) in [6.45, 7) is 11.9. The summed E-state index contributed by atoms with van der Waals surface area (Å²) in [5.41, 5.74) is 1.28. The Morgan fingerprint density at radius 3 is 2.74 bits per heavy atom. The van der Waals surface area contributed by atoms with E-state index in [0.29, 0.717) is 12.5 Å². The third kappa shape index (κ3) is 6.72. The Balaban J connectivity index is 1.71. The van der Waals surface area contributed by atoms with Crippen LogP contribution in [0, 0.1) is 5.92 Å². The minimum absolute atomic E-state index is 0.282. The van der Waals surface area contributed by atoms with Crippen molar-refractivity contribution in [3.05, 3.63) is 48.0 Å². The van der Waals surface area contributed by atoms with Gasteiger partial charge >= 0.3 is 0 Å². The number of guanidine groups is 1. The first-order valence-corrected chi connectivity index (χ1v) is 11.5. The highest BCUT2D eigenvalue weighted by Crippen LogP contribution is 2.27. The van der Waals surface area contributed by atoms with E-state index >= 15 is 0 Å². The first-order valence-electron chi connectivity index (χ1n) is 11.5. The Hall–Kier alpha value is -2.54. The molecule has 170 valence electrons. The molecule has 7 heteroatoms. The highest BCUT2D eigenvalue weighted by Gasteiger charge is 2.24. The van der Waals surface area contributed by atoms with Gasteiger partial charge in [-0.25, -0.2) is 9.98 Å². The van der Waals surface area contributed by atoms with Gasteiger partial charge in [0.25, 0.3) is 0 Å². The maximum atomic E-state index is 5.47. The van der Waals surface area contributed by atoms with Crippen molar-refractivity contribution in [2.45, 2.75) is 52.7 Å². The molecule has 1 saturated heterocycles. The summed E-state index contributed by atoms with van der Waals surface area (Å²) in [7, 11) is 1.72. The average Bonchev–Trinajstić information content (AvgIpc) is 3.44. The van der Waals surface area contributed by atoms with E-state index in [9.17, 15) is 0 Å². The summed E-state index contributed by atoms with van der Waals surface area (Å²) in [6, 6.07) is 8.70. The number of methoxy groups -OCH3 is 1. The van der Waals surface area contributed by atoms with Gasteiger partial charge in [0, 0.05) is 32.0 Å². The molecule has 31 heavy (non-hydrogen) atoms. The van der Waals surface area contributed by atoms with Crippen LogP contribution >= 0.6 is 0 Å². The summed E-state index contributed by atoms with van der Waals surface area (Å²) in [5.74, 6) is 3.30. The van der Waals surface area contributed by atoms with Crippen molar-refractivity contribution in [1.82, 2.24) is 25.1 Å². The molecule has 1 aromatic carbocycles. The Bertz CT molecular complexity index is 825. The molecule has 2 aromatic rings. The number of likely N-dealkylation sites (tertiary alicyclic amines) is 1. The lowest BCUT2D eigenvalue weighted by atomic mass is 10.1. The van der Waals surface area contributed by atoms with Gasteiger partial charge in [0.05, 0.1) is 13.2 Å². The zero-order valence-electron chi connectivity index (χ0n) is 19.5. The maximum absolute atomic E-state index is 5.47. The van der Waals surface area contributed by atoms with Crippen LogP contribution in [0.15, 0.2) is 41.7 Å². The number of hydrogen-bond donors (Lipinski definition) is 2. The zero-order chi connectivity index (χ0) is 22.1. The second kappa shape index (κ2) is 11.7. The smallest absolute Gasteiger partial charge is 0.191 e. The lowest BCUT2D eigenvalue weighted by Crippen LogP contribution is -2.42. The van der Waals surface area contributed by atoms with Crippen molar-refractivity contribution in [3.63, 3.8) is 0 Å². The summed E-state index contributed by atoms with van der Waals surface area (Å²) < 4.78 is 7.66. The van der Waals surface area contributed by atoms with Gasteiger partial charge in [-0.15, -0.1) is 0 Å². The van der Waals surface area contributed by atoms with Crippen molar-refractivity contribution in [1.29, 1.82) is 0 Å². The average molecular weight is 427 g/mol. The number of ether oxygens (including phenoxy) is 1. The third-order valence-electron chi connectivity index (χ3n) is 5.61. The van der Waals surface area contributed by atoms with Gasteiger partial charge < -0.3 is 19.9 Å². The van der Waals surface area contributed by atoms with E-state index in [1.165, 1.54) is 18.4 Å². The van der Waals surface area contributed by atoms with Crippen molar-refractivity contribution >= 4 is 5.96 Å². The Morgan fingerprint density at radius 1 is 1.23 bits per heavy atom. The molecule has 0 aliphatic carbocycles. The number of aliphatic imine (C=N–C) groups is 1. The van der Waals surface area contributed by atoms with E-state index in [2.05, 4.69) is 64.1 Å². The lowest BCUT2D eigenvalue weighted by Gasteiger charge is -2.29. The zero-order valence-corrected chi connectivity index (χ0v) is 19.5. The molecule has 0 spiro atoms. The summed E-state index contributed by atoms with van der Waals surface area (Å²) in [5, 5.41) is 6.96. The number of rotatable bonds is 10. The minimum Gasteiger partial charge on any atom is -0.497 e. The van der Waals surface area contributed by atoms with Crippen molar-refractivity contribution in [2.75, 3.05) is 33.3 Å². The molecule has 7 nitrogen and oxygen atoms in total. The monoisotopic (exact) mass is 426 g/mol. The predicted octanol–water partition coefficient (Wildman–Crippen LogP) is 3.44. The standard InChI is InChI=1S/C24H38N6O/c1-5-25-24(28-17-23-26-11-14-30(23)18-19(2)3)27-16-22(29-12-6-7-13-29)20-9-8-10-21(15-20)31-4/h8-11,14-15,19,22H,5-7,12-13,16-18H2,1-4H3,(H2,25,27,28). The fourth-order valence-corrected chi connectivity index (χ4v) is 4.10. The first kappa shape index (κ1) is 23.1. The summed E-state index contributed by atoms with van der Waals surface area (Å²) in [4.78, 5) is 11.9. The lowest BCUT2D eigenvalue weighted by molar-refractivity contribution is 0.245. The molecule has 1 aliphatic heterocycles. The Labute approximate surface area is 186 Å². The van der Waals surface area contributed by atoms with Crippen molar-refractivity contribution in [2.24, 2.45) is 10.9 Å². The molecular formula is C24H38N6O. The molecular weight excluding hydrogens is 388 g/mol. The molecule has 2 N–H and O–H groups in total. The molecule has 1 atom stereocenters. The van der Waals surface area contributed by atoms with Gasteiger partial charge in [-0.1, -0.05) is 26.0 Å². The third-order valence-corrected chi connectivity index (χ3v) is 5.61. The van der Waals surface area contributed by atoms with Crippen LogP contribution in [0.5, 0.6) is 5.75 Å². The van der Waals surface area contributed by atoms with E-state index < -0.39 is 0 Å². The molecule has 0 bridgehead atoms. The topological polar surface area (TPSA) is 66.7 Å². The van der Waals surface area contributed by atoms with E-state index in [1.54, 1.807) is 7.11 Å². The van der Waals surface area contributed by atoms with Gasteiger partial charge in [-0.3, -0.25) is 4.90 Å². The van der Waals surface area contributed by atoms with Crippen molar-refractivity contribution in [3.8, 4) is 5.75 Å². The fourth-order valence-electron chi connectivity index (χ4n) is 4.10. The number of benzene rings is 1. The molecule has 3 rings (SSSR count). The van der Waals surface area contributed by atoms with Gasteiger partial charge in [0.1, 0.15) is 18.1 Å². The van der Waals surface area contributed by atoms with Gasteiger partial charge in [0.15, 0.2) is 5.96 Å². The van der Waals surface area contributed by atoms with E-state index in [-0.39, 0.29) is 6.04 Å². The highest BCUT2D eigenvalue weighted by molar-refractivity contribution is 5.79. The van der Waals surface area contributed by atoms with E-state index in [0.717, 1.165) is 50.3 Å². The Morgan fingerprint density at radius 2 is 2.03 bits per heavy atom. The normalized spacial score (nSPS) is 16.0. The van der Waals surface area contributed by atoms with Crippen LogP contribution in [-0.4, -0.2) is 53.7 Å². The van der Waals surface area contributed by atoms with Crippen LogP contribution in [0.2, 0.25) is 0 Å². The van der Waals surface area contributed by atoms with Gasteiger partial charge in [-0.2, -0.15) is 0 Å². The molecule has 0 amide bonds. The minimum atomic E-state index is 0.282. The van der Waals surface area contributed by atoms with Gasteiger partial charge in [0.2, 0.25) is 0 Å². The summed E-state index contributed by atoms with van der Waals surface area (Å²) >= 11 is 0. The molecule has 1 aromatic heterocycles.